The van der Waals surface area contributed by atoms with Crippen LogP contribution in [0.3, 0.4) is 0 Å². The zero-order valence-corrected chi connectivity index (χ0v) is 13.8. The van der Waals surface area contributed by atoms with Crippen molar-refractivity contribution in [2.75, 3.05) is 17.7 Å². The summed E-state index contributed by atoms with van der Waals surface area (Å²) < 4.78 is 5.19. The summed E-state index contributed by atoms with van der Waals surface area (Å²) in [6.07, 6.45) is 1.42. The average molecular weight is 354 g/mol. The van der Waals surface area contributed by atoms with E-state index >= 15 is 0 Å². The van der Waals surface area contributed by atoms with Gasteiger partial charge in [0.15, 0.2) is 0 Å². The van der Waals surface area contributed by atoms with Crippen LogP contribution in [-0.4, -0.2) is 23.9 Å². The Bertz CT molecular complexity index is 748. The first-order valence-electron chi connectivity index (χ1n) is 6.48. The molecular weight excluding hydrogens is 341 g/mol. The predicted octanol–water partition coefficient (Wildman–Crippen LogP) is 3.61. The first-order valence-corrected chi connectivity index (χ1v) is 7.24. The van der Waals surface area contributed by atoms with E-state index in [0.717, 1.165) is 0 Å². The Morgan fingerprint density at radius 1 is 1.17 bits per heavy atom. The van der Waals surface area contributed by atoms with Gasteiger partial charge in [-0.25, -0.2) is 4.98 Å². The zero-order chi connectivity index (χ0) is 17.0. The van der Waals surface area contributed by atoms with E-state index in [0.29, 0.717) is 16.5 Å². The minimum atomic E-state index is -0.451. The number of hydrogen-bond donors (Lipinski definition) is 2. The summed E-state index contributed by atoms with van der Waals surface area (Å²) in [6, 6.07) is 6.07. The molecule has 2 N–H and O–H groups in total. The van der Waals surface area contributed by atoms with Gasteiger partial charge in [0.25, 0.3) is 5.91 Å². The van der Waals surface area contributed by atoms with Gasteiger partial charge in [0.05, 0.1) is 28.4 Å². The Hall–Kier alpha value is -2.31. The van der Waals surface area contributed by atoms with Crippen LogP contribution < -0.4 is 15.4 Å². The van der Waals surface area contributed by atoms with Crippen LogP contribution in [0.2, 0.25) is 10.0 Å². The van der Waals surface area contributed by atoms with Crippen LogP contribution in [0.5, 0.6) is 5.75 Å². The lowest BCUT2D eigenvalue weighted by Crippen LogP contribution is -2.15. The van der Waals surface area contributed by atoms with Gasteiger partial charge in [-0.05, 0) is 18.2 Å². The van der Waals surface area contributed by atoms with Gasteiger partial charge in [0, 0.05) is 19.2 Å². The number of ether oxygens (including phenoxy) is 1. The molecule has 1 aromatic heterocycles. The van der Waals surface area contributed by atoms with Crippen LogP contribution in [0.25, 0.3) is 0 Å². The molecular formula is C15H13Cl2N3O3. The maximum absolute atomic E-state index is 12.4. The number of nitrogens with zero attached hydrogens (tertiary/aromatic N) is 1. The second-order valence-corrected chi connectivity index (χ2v) is 5.37. The highest BCUT2D eigenvalue weighted by atomic mass is 35.5. The molecule has 1 aromatic carbocycles. The van der Waals surface area contributed by atoms with Crippen LogP contribution in [0.1, 0.15) is 17.3 Å². The number of amides is 2. The highest BCUT2D eigenvalue weighted by Crippen LogP contribution is 2.31. The van der Waals surface area contributed by atoms with Gasteiger partial charge in [-0.15, -0.1) is 0 Å². The van der Waals surface area contributed by atoms with E-state index in [4.69, 9.17) is 27.9 Å². The molecule has 0 spiro atoms. The lowest BCUT2D eigenvalue weighted by Gasteiger charge is -2.13. The minimum absolute atomic E-state index is 0.211. The number of rotatable bonds is 4. The van der Waals surface area contributed by atoms with Crippen molar-refractivity contribution < 1.29 is 14.3 Å². The Balaban J connectivity index is 2.30. The molecule has 8 heteroatoms. The van der Waals surface area contributed by atoms with E-state index in [2.05, 4.69) is 15.6 Å². The molecule has 1 heterocycles. The molecule has 0 aliphatic rings. The molecule has 0 radical (unpaired) electrons. The van der Waals surface area contributed by atoms with Crippen molar-refractivity contribution in [1.29, 1.82) is 0 Å². The summed E-state index contributed by atoms with van der Waals surface area (Å²) in [6.45, 7) is 1.36. The maximum atomic E-state index is 12.4. The third-order valence-electron chi connectivity index (χ3n) is 2.81. The number of benzene rings is 1. The fraction of sp³-hybridized carbons (Fsp3) is 0.133. The van der Waals surface area contributed by atoms with E-state index in [1.165, 1.54) is 32.4 Å². The zero-order valence-electron chi connectivity index (χ0n) is 12.3. The lowest BCUT2D eigenvalue weighted by molar-refractivity contribution is -0.114. The molecule has 23 heavy (non-hydrogen) atoms. The standard InChI is InChI=1S/C15H13Cl2N3O3/c1-8(21)19-12-6-13(23-2)10(5-11(12)17)15(22)20-14-4-3-9(16)7-18-14/h3-7H,1-2H3,(H,19,21)(H,18,20,22). The minimum Gasteiger partial charge on any atom is -0.496 e. The summed E-state index contributed by atoms with van der Waals surface area (Å²) in [5.41, 5.74) is 0.570. The van der Waals surface area contributed by atoms with E-state index in [1.807, 2.05) is 0 Å². The van der Waals surface area contributed by atoms with Crippen molar-refractivity contribution in [3.8, 4) is 5.75 Å². The molecule has 0 saturated carbocycles. The summed E-state index contributed by atoms with van der Waals surface area (Å²) in [7, 11) is 1.41. The van der Waals surface area contributed by atoms with E-state index in [9.17, 15) is 9.59 Å². The Labute approximate surface area is 142 Å². The molecule has 0 atom stereocenters. The van der Waals surface area contributed by atoms with Gasteiger partial charge in [-0.2, -0.15) is 0 Å². The van der Waals surface area contributed by atoms with Crippen molar-refractivity contribution in [3.63, 3.8) is 0 Å². The number of aromatic nitrogens is 1. The van der Waals surface area contributed by atoms with Crippen LogP contribution in [-0.2, 0) is 4.79 Å². The normalized spacial score (nSPS) is 10.1. The largest absolute Gasteiger partial charge is 0.496 e. The summed E-state index contributed by atoms with van der Waals surface area (Å²) >= 11 is 11.8. The van der Waals surface area contributed by atoms with Gasteiger partial charge in [-0.1, -0.05) is 23.2 Å². The fourth-order valence-electron chi connectivity index (χ4n) is 1.82. The molecule has 2 amide bonds. The quantitative estimate of drug-likeness (QED) is 0.879. The Morgan fingerprint density at radius 2 is 1.91 bits per heavy atom. The number of methoxy groups -OCH3 is 1. The molecule has 2 aromatic rings. The Morgan fingerprint density at radius 3 is 2.48 bits per heavy atom. The van der Waals surface area contributed by atoms with Crippen molar-refractivity contribution in [2.24, 2.45) is 0 Å². The number of carbonyl (C=O) groups is 2. The Kier molecular flexibility index (Phi) is 5.41. The number of halogens is 2. The molecule has 0 unspecified atom stereocenters. The second kappa shape index (κ2) is 7.30. The summed E-state index contributed by atoms with van der Waals surface area (Å²) in [5, 5.41) is 5.85. The monoisotopic (exact) mass is 353 g/mol. The van der Waals surface area contributed by atoms with Crippen molar-refractivity contribution >= 4 is 46.5 Å². The number of anilines is 2. The third-order valence-corrected chi connectivity index (χ3v) is 3.35. The highest BCUT2D eigenvalue weighted by molar-refractivity contribution is 6.34. The first kappa shape index (κ1) is 17.1. The molecule has 2 rings (SSSR count). The van der Waals surface area contributed by atoms with Crippen LogP contribution in [0.15, 0.2) is 30.5 Å². The first-order chi connectivity index (χ1) is 10.9. The second-order valence-electron chi connectivity index (χ2n) is 4.53. The lowest BCUT2D eigenvalue weighted by atomic mass is 10.1. The van der Waals surface area contributed by atoms with Gasteiger partial charge >= 0.3 is 0 Å². The molecule has 120 valence electrons. The molecule has 0 fully saturated rings. The topological polar surface area (TPSA) is 80.3 Å². The predicted molar refractivity (Wildman–Crippen MR) is 89.5 cm³/mol. The van der Waals surface area contributed by atoms with Gasteiger partial charge in [0.1, 0.15) is 11.6 Å². The van der Waals surface area contributed by atoms with Crippen molar-refractivity contribution in [2.45, 2.75) is 6.92 Å². The third kappa shape index (κ3) is 4.34. The smallest absolute Gasteiger partial charge is 0.260 e. The number of pyridine rings is 1. The fourth-order valence-corrected chi connectivity index (χ4v) is 2.14. The van der Waals surface area contributed by atoms with Crippen LogP contribution in [0, 0.1) is 0 Å². The summed E-state index contributed by atoms with van der Waals surface area (Å²) in [5.74, 6) is -0.127. The van der Waals surface area contributed by atoms with Crippen LogP contribution >= 0.6 is 23.2 Å². The van der Waals surface area contributed by atoms with Gasteiger partial charge in [0.2, 0.25) is 5.91 Å². The summed E-state index contributed by atoms with van der Waals surface area (Å²) in [4.78, 5) is 27.5. The molecule has 0 saturated heterocycles. The van der Waals surface area contributed by atoms with Gasteiger partial charge < -0.3 is 15.4 Å². The highest BCUT2D eigenvalue weighted by Gasteiger charge is 2.17. The average Bonchev–Trinajstić information content (AvgIpc) is 2.50. The van der Waals surface area contributed by atoms with E-state index < -0.39 is 5.91 Å². The van der Waals surface area contributed by atoms with E-state index in [1.54, 1.807) is 12.1 Å². The van der Waals surface area contributed by atoms with Gasteiger partial charge in [-0.3, -0.25) is 9.59 Å². The number of nitrogens with one attached hydrogen (secondary N) is 2. The molecule has 0 aliphatic heterocycles. The molecule has 0 aliphatic carbocycles. The van der Waals surface area contributed by atoms with Crippen LogP contribution in [0.4, 0.5) is 11.5 Å². The van der Waals surface area contributed by atoms with Crippen molar-refractivity contribution in [3.05, 3.63) is 46.1 Å². The van der Waals surface area contributed by atoms with E-state index in [-0.39, 0.29) is 22.2 Å². The molecule has 0 bridgehead atoms. The molecule has 6 nitrogen and oxygen atoms in total. The number of hydrogen-bond acceptors (Lipinski definition) is 4. The SMILES string of the molecule is COc1cc(NC(C)=O)c(Cl)cc1C(=O)Nc1ccc(Cl)cn1. The van der Waals surface area contributed by atoms with Crippen molar-refractivity contribution in [1.82, 2.24) is 4.98 Å². The number of carbonyl (C=O) groups excluding carboxylic acids is 2. The maximum Gasteiger partial charge on any atom is 0.260 e.